The third kappa shape index (κ3) is 3.73. The Morgan fingerprint density at radius 1 is 1.08 bits per heavy atom. The van der Waals surface area contributed by atoms with Crippen LogP contribution < -0.4 is 5.32 Å². The molecule has 4 nitrogen and oxygen atoms in total. The van der Waals surface area contributed by atoms with E-state index in [1.807, 2.05) is 19.2 Å². The van der Waals surface area contributed by atoms with Gasteiger partial charge in [-0.25, -0.2) is 15.0 Å². The molecule has 0 saturated carbocycles. The molecule has 5 heteroatoms. The van der Waals surface area contributed by atoms with E-state index in [2.05, 4.69) is 68.2 Å². The van der Waals surface area contributed by atoms with E-state index in [1.165, 1.54) is 0 Å². The van der Waals surface area contributed by atoms with Crippen molar-refractivity contribution in [3.63, 3.8) is 0 Å². The Morgan fingerprint density at radius 3 is 2.67 bits per heavy atom. The second-order valence-corrected chi connectivity index (χ2v) is 7.15. The standard InChI is InChI=1S/C19H21BrN4/c1-12(2)6-7-21-19-16-9-14(4-5-17(16)23-11-24-19)15-8-13(3)18(20)22-10-15/h4-5,8-12H,6-7H2,1-3H3,(H,21,23,24). The molecule has 0 fully saturated rings. The number of halogens is 1. The van der Waals surface area contributed by atoms with Gasteiger partial charge in [0.15, 0.2) is 0 Å². The summed E-state index contributed by atoms with van der Waals surface area (Å²) in [4.78, 5) is 13.2. The first-order valence-corrected chi connectivity index (χ1v) is 8.95. The lowest BCUT2D eigenvalue weighted by molar-refractivity contribution is 0.607. The molecule has 124 valence electrons. The molecule has 24 heavy (non-hydrogen) atoms. The molecule has 0 amide bonds. The van der Waals surface area contributed by atoms with Gasteiger partial charge in [0.25, 0.3) is 0 Å². The van der Waals surface area contributed by atoms with Crippen molar-refractivity contribution >= 4 is 32.7 Å². The van der Waals surface area contributed by atoms with E-state index in [0.29, 0.717) is 5.92 Å². The molecule has 0 aliphatic rings. The number of fused-ring (bicyclic) bond motifs is 1. The van der Waals surface area contributed by atoms with Crippen molar-refractivity contribution in [1.82, 2.24) is 15.0 Å². The Bertz CT molecular complexity index is 861. The van der Waals surface area contributed by atoms with Gasteiger partial charge in [-0.1, -0.05) is 19.9 Å². The van der Waals surface area contributed by atoms with E-state index in [9.17, 15) is 0 Å². The minimum Gasteiger partial charge on any atom is -0.369 e. The van der Waals surface area contributed by atoms with E-state index in [-0.39, 0.29) is 0 Å². The minimum atomic E-state index is 0.665. The van der Waals surface area contributed by atoms with E-state index in [0.717, 1.165) is 51.0 Å². The number of pyridine rings is 1. The number of hydrogen-bond donors (Lipinski definition) is 1. The second kappa shape index (κ2) is 7.26. The maximum atomic E-state index is 4.42. The van der Waals surface area contributed by atoms with Gasteiger partial charge in [-0.2, -0.15) is 0 Å². The van der Waals surface area contributed by atoms with Gasteiger partial charge in [-0.05, 0) is 64.5 Å². The Morgan fingerprint density at radius 2 is 1.92 bits per heavy atom. The summed E-state index contributed by atoms with van der Waals surface area (Å²) in [6.07, 6.45) is 4.61. The second-order valence-electron chi connectivity index (χ2n) is 6.40. The summed E-state index contributed by atoms with van der Waals surface area (Å²) in [7, 11) is 0. The van der Waals surface area contributed by atoms with Crippen LogP contribution in [0.3, 0.4) is 0 Å². The van der Waals surface area contributed by atoms with Gasteiger partial charge >= 0.3 is 0 Å². The zero-order valence-electron chi connectivity index (χ0n) is 14.2. The summed E-state index contributed by atoms with van der Waals surface area (Å²) in [6.45, 7) is 7.40. The quantitative estimate of drug-likeness (QED) is 0.612. The van der Waals surface area contributed by atoms with Gasteiger partial charge in [0, 0.05) is 23.7 Å². The first kappa shape index (κ1) is 16.8. The molecule has 2 aromatic heterocycles. The molecule has 3 rings (SSSR count). The summed E-state index contributed by atoms with van der Waals surface area (Å²) in [5.74, 6) is 1.56. The van der Waals surface area contributed by atoms with Gasteiger partial charge in [-0.3, -0.25) is 0 Å². The van der Waals surface area contributed by atoms with Gasteiger partial charge < -0.3 is 5.32 Å². The van der Waals surface area contributed by atoms with Crippen LogP contribution in [0.2, 0.25) is 0 Å². The lowest BCUT2D eigenvalue weighted by Crippen LogP contribution is -2.06. The number of rotatable bonds is 5. The molecule has 0 aliphatic carbocycles. The van der Waals surface area contributed by atoms with Crippen LogP contribution in [0, 0.1) is 12.8 Å². The van der Waals surface area contributed by atoms with Gasteiger partial charge in [0.05, 0.1) is 5.52 Å². The highest BCUT2D eigenvalue weighted by atomic mass is 79.9. The van der Waals surface area contributed by atoms with Crippen LogP contribution in [0.5, 0.6) is 0 Å². The summed E-state index contributed by atoms with van der Waals surface area (Å²) in [6, 6.07) is 8.39. The fourth-order valence-corrected chi connectivity index (χ4v) is 2.79. The Labute approximate surface area is 150 Å². The lowest BCUT2D eigenvalue weighted by Gasteiger charge is -2.11. The van der Waals surface area contributed by atoms with E-state index in [1.54, 1.807) is 6.33 Å². The van der Waals surface area contributed by atoms with Crippen molar-refractivity contribution in [3.05, 3.63) is 47.0 Å². The van der Waals surface area contributed by atoms with Crippen LogP contribution in [-0.2, 0) is 0 Å². The van der Waals surface area contributed by atoms with Crippen LogP contribution in [-0.4, -0.2) is 21.5 Å². The number of nitrogens with one attached hydrogen (secondary N) is 1. The van der Waals surface area contributed by atoms with Crippen molar-refractivity contribution in [2.75, 3.05) is 11.9 Å². The molecule has 2 heterocycles. The predicted molar refractivity (Wildman–Crippen MR) is 103 cm³/mol. The molecule has 0 aliphatic heterocycles. The molecular formula is C19H21BrN4. The first-order chi connectivity index (χ1) is 11.5. The molecule has 0 saturated heterocycles. The van der Waals surface area contributed by atoms with Crippen molar-refractivity contribution in [3.8, 4) is 11.1 Å². The zero-order valence-corrected chi connectivity index (χ0v) is 15.8. The molecule has 1 aromatic carbocycles. The summed E-state index contributed by atoms with van der Waals surface area (Å²) in [5.41, 5.74) is 4.27. The molecular weight excluding hydrogens is 364 g/mol. The van der Waals surface area contributed by atoms with Crippen molar-refractivity contribution in [2.24, 2.45) is 5.92 Å². The first-order valence-electron chi connectivity index (χ1n) is 8.15. The fraction of sp³-hybridized carbons (Fsp3) is 0.316. The highest BCUT2D eigenvalue weighted by Crippen LogP contribution is 2.28. The maximum absolute atomic E-state index is 4.42. The average Bonchev–Trinajstić information content (AvgIpc) is 2.57. The molecule has 3 aromatic rings. The summed E-state index contributed by atoms with van der Waals surface area (Å²) >= 11 is 3.45. The molecule has 0 radical (unpaired) electrons. The smallest absolute Gasteiger partial charge is 0.137 e. The number of aryl methyl sites for hydroxylation is 1. The zero-order chi connectivity index (χ0) is 17.1. The minimum absolute atomic E-state index is 0.665. The molecule has 0 bridgehead atoms. The van der Waals surface area contributed by atoms with Crippen LogP contribution in [0.15, 0.2) is 41.4 Å². The Hall–Kier alpha value is -2.01. The topological polar surface area (TPSA) is 50.7 Å². The number of aromatic nitrogens is 3. The van der Waals surface area contributed by atoms with Crippen LogP contribution in [0.1, 0.15) is 25.8 Å². The van der Waals surface area contributed by atoms with Crippen LogP contribution in [0.4, 0.5) is 5.82 Å². The number of nitrogens with zero attached hydrogens (tertiary/aromatic N) is 3. The predicted octanol–water partition coefficient (Wildman–Crippen LogP) is 5.22. The molecule has 0 unspecified atom stereocenters. The third-order valence-corrected chi connectivity index (χ3v) is 4.83. The van der Waals surface area contributed by atoms with Crippen LogP contribution >= 0.6 is 15.9 Å². The number of hydrogen-bond acceptors (Lipinski definition) is 4. The average molecular weight is 385 g/mol. The van der Waals surface area contributed by atoms with E-state index >= 15 is 0 Å². The largest absolute Gasteiger partial charge is 0.369 e. The number of benzene rings is 1. The molecule has 0 spiro atoms. The van der Waals surface area contributed by atoms with Crippen molar-refractivity contribution in [1.29, 1.82) is 0 Å². The SMILES string of the molecule is Cc1cc(-c2ccc3ncnc(NCCC(C)C)c3c2)cnc1Br. The molecule has 0 atom stereocenters. The Balaban J connectivity index is 1.97. The highest BCUT2D eigenvalue weighted by Gasteiger charge is 2.07. The van der Waals surface area contributed by atoms with E-state index in [4.69, 9.17) is 0 Å². The summed E-state index contributed by atoms with van der Waals surface area (Å²) < 4.78 is 0.881. The molecule has 1 N–H and O–H groups in total. The van der Waals surface area contributed by atoms with Gasteiger partial charge in [0.1, 0.15) is 16.7 Å². The summed E-state index contributed by atoms with van der Waals surface area (Å²) in [5, 5.41) is 4.48. The van der Waals surface area contributed by atoms with Crippen LogP contribution in [0.25, 0.3) is 22.0 Å². The number of anilines is 1. The Kier molecular flexibility index (Phi) is 5.09. The maximum Gasteiger partial charge on any atom is 0.137 e. The van der Waals surface area contributed by atoms with Gasteiger partial charge in [0.2, 0.25) is 0 Å². The van der Waals surface area contributed by atoms with E-state index < -0.39 is 0 Å². The van der Waals surface area contributed by atoms with Crippen molar-refractivity contribution < 1.29 is 0 Å². The monoisotopic (exact) mass is 384 g/mol. The fourth-order valence-electron chi connectivity index (χ4n) is 2.57. The van der Waals surface area contributed by atoms with Crippen molar-refractivity contribution in [2.45, 2.75) is 27.2 Å². The lowest BCUT2D eigenvalue weighted by atomic mass is 10.0. The highest BCUT2D eigenvalue weighted by molar-refractivity contribution is 9.10. The third-order valence-electron chi connectivity index (χ3n) is 4.00. The van der Waals surface area contributed by atoms with Gasteiger partial charge in [-0.15, -0.1) is 0 Å². The normalized spacial score (nSPS) is 11.2.